The number of rotatable bonds is 3. The molecule has 3 heteroatoms. The third-order valence-corrected chi connectivity index (χ3v) is 4.98. The van der Waals surface area contributed by atoms with Crippen molar-refractivity contribution in [2.75, 3.05) is 13.1 Å². The van der Waals surface area contributed by atoms with E-state index in [-0.39, 0.29) is 0 Å². The van der Waals surface area contributed by atoms with Crippen LogP contribution in [0.1, 0.15) is 45.4 Å². The monoisotopic (exact) mass is 287 g/mol. The minimum Gasteiger partial charge on any atom is -0.343 e. The molecule has 2 aliphatic rings. The highest BCUT2D eigenvalue weighted by Gasteiger charge is 2.28. The van der Waals surface area contributed by atoms with E-state index in [0.717, 1.165) is 25.4 Å². The van der Waals surface area contributed by atoms with Crippen molar-refractivity contribution >= 4 is 21.8 Å². The molecular formula is C13H22BrNO. The third kappa shape index (κ3) is 2.99. The summed E-state index contributed by atoms with van der Waals surface area (Å²) in [5.74, 6) is 1.87. The SMILES string of the molecule is CC(Br)C1CCN(C(=O)CC2CCC2)CC1. The first-order valence-electron chi connectivity index (χ1n) is 6.58. The Morgan fingerprint density at radius 3 is 2.38 bits per heavy atom. The van der Waals surface area contributed by atoms with Crippen LogP contribution < -0.4 is 0 Å². The second-order valence-corrected chi connectivity index (χ2v) is 6.84. The molecule has 2 fully saturated rings. The average Bonchev–Trinajstić information content (AvgIpc) is 2.23. The van der Waals surface area contributed by atoms with E-state index in [2.05, 4.69) is 27.8 Å². The Balaban J connectivity index is 1.72. The van der Waals surface area contributed by atoms with Gasteiger partial charge in [-0.05, 0) is 37.5 Å². The lowest BCUT2D eigenvalue weighted by Gasteiger charge is -2.35. The number of hydrogen-bond acceptors (Lipinski definition) is 1. The van der Waals surface area contributed by atoms with E-state index in [0.29, 0.717) is 16.7 Å². The fraction of sp³-hybridized carbons (Fsp3) is 0.923. The molecule has 92 valence electrons. The van der Waals surface area contributed by atoms with Crippen molar-refractivity contribution in [2.45, 2.75) is 50.3 Å². The zero-order chi connectivity index (χ0) is 11.5. The largest absolute Gasteiger partial charge is 0.343 e. The van der Waals surface area contributed by atoms with Crippen LogP contribution >= 0.6 is 15.9 Å². The molecule has 1 unspecified atom stereocenters. The molecule has 1 saturated carbocycles. The molecule has 2 nitrogen and oxygen atoms in total. The van der Waals surface area contributed by atoms with Crippen LogP contribution in [0.25, 0.3) is 0 Å². The zero-order valence-electron chi connectivity index (χ0n) is 10.1. The standard InChI is InChI=1S/C13H22BrNO/c1-10(14)12-5-7-15(8-6-12)13(16)9-11-3-2-4-11/h10-12H,2-9H2,1H3. The number of piperidine rings is 1. The van der Waals surface area contributed by atoms with Crippen LogP contribution in [0.2, 0.25) is 0 Å². The van der Waals surface area contributed by atoms with Gasteiger partial charge >= 0.3 is 0 Å². The quantitative estimate of drug-likeness (QED) is 0.730. The number of likely N-dealkylation sites (tertiary alicyclic amines) is 1. The maximum absolute atomic E-state index is 12.0. The van der Waals surface area contributed by atoms with Crippen LogP contribution in [0.15, 0.2) is 0 Å². The molecule has 0 spiro atoms. The van der Waals surface area contributed by atoms with E-state index < -0.39 is 0 Å². The maximum Gasteiger partial charge on any atom is 0.222 e. The van der Waals surface area contributed by atoms with Crippen molar-refractivity contribution in [2.24, 2.45) is 11.8 Å². The Morgan fingerprint density at radius 1 is 1.31 bits per heavy atom. The smallest absolute Gasteiger partial charge is 0.222 e. The molecule has 1 aliphatic heterocycles. The second-order valence-electron chi connectivity index (χ2n) is 5.40. The first kappa shape index (κ1) is 12.4. The van der Waals surface area contributed by atoms with Gasteiger partial charge in [-0.25, -0.2) is 0 Å². The summed E-state index contributed by atoms with van der Waals surface area (Å²) in [6.45, 7) is 4.18. The van der Waals surface area contributed by atoms with E-state index in [4.69, 9.17) is 0 Å². The lowest BCUT2D eigenvalue weighted by Crippen LogP contribution is -2.41. The molecule has 0 aromatic heterocycles. The highest BCUT2D eigenvalue weighted by molar-refractivity contribution is 9.09. The molecule has 0 bridgehead atoms. The molecule has 1 heterocycles. The van der Waals surface area contributed by atoms with Crippen LogP contribution in [0.3, 0.4) is 0 Å². The van der Waals surface area contributed by atoms with Gasteiger partial charge in [0.2, 0.25) is 5.91 Å². The summed E-state index contributed by atoms with van der Waals surface area (Å²) in [6, 6.07) is 0. The van der Waals surface area contributed by atoms with Crippen LogP contribution in [0, 0.1) is 11.8 Å². The predicted molar refractivity (Wildman–Crippen MR) is 69.7 cm³/mol. The first-order chi connectivity index (χ1) is 7.66. The van der Waals surface area contributed by atoms with Crippen LogP contribution in [-0.2, 0) is 4.79 Å². The summed E-state index contributed by atoms with van der Waals surface area (Å²) < 4.78 is 0. The number of amides is 1. The van der Waals surface area contributed by atoms with E-state index in [1.807, 2.05) is 0 Å². The van der Waals surface area contributed by atoms with Gasteiger partial charge in [0.1, 0.15) is 0 Å². The highest BCUT2D eigenvalue weighted by Crippen LogP contribution is 2.31. The average molecular weight is 288 g/mol. The second kappa shape index (κ2) is 5.52. The van der Waals surface area contributed by atoms with Gasteiger partial charge in [0.25, 0.3) is 0 Å². The normalized spacial score (nSPS) is 25.2. The van der Waals surface area contributed by atoms with Crippen molar-refractivity contribution in [1.82, 2.24) is 4.90 Å². The van der Waals surface area contributed by atoms with Crippen LogP contribution in [-0.4, -0.2) is 28.7 Å². The molecule has 1 saturated heterocycles. The van der Waals surface area contributed by atoms with Crippen molar-refractivity contribution < 1.29 is 4.79 Å². The fourth-order valence-corrected chi connectivity index (χ4v) is 3.21. The van der Waals surface area contributed by atoms with Crippen molar-refractivity contribution in [1.29, 1.82) is 0 Å². The van der Waals surface area contributed by atoms with Gasteiger partial charge in [-0.3, -0.25) is 4.79 Å². The summed E-state index contributed by atoms with van der Waals surface area (Å²) in [6.07, 6.45) is 7.04. The molecule has 16 heavy (non-hydrogen) atoms. The highest BCUT2D eigenvalue weighted by atomic mass is 79.9. The van der Waals surface area contributed by atoms with E-state index in [1.54, 1.807) is 0 Å². The lowest BCUT2D eigenvalue weighted by molar-refractivity contribution is -0.134. The van der Waals surface area contributed by atoms with Crippen molar-refractivity contribution in [3.05, 3.63) is 0 Å². The maximum atomic E-state index is 12.0. The first-order valence-corrected chi connectivity index (χ1v) is 7.50. The number of carbonyl (C=O) groups is 1. The molecule has 0 N–H and O–H groups in total. The van der Waals surface area contributed by atoms with Gasteiger partial charge < -0.3 is 4.90 Å². The molecule has 2 rings (SSSR count). The number of hydrogen-bond donors (Lipinski definition) is 0. The van der Waals surface area contributed by atoms with Gasteiger partial charge in [-0.2, -0.15) is 0 Å². The van der Waals surface area contributed by atoms with Crippen LogP contribution in [0.5, 0.6) is 0 Å². The van der Waals surface area contributed by atoms with E-state index in [1.165, 1.54) is 32.1 Å². The lowest BCUT2D eigenvalue weighted by atomic mass is 9.82. The Bertz CT molecular complexity index is 242. The van der Waals surface area contributed by atoms with E-state index >= 15 is 0 Å². The Morgan fingerprint density at radius 2 is 1.94 bits per heavy atom. The van der Waals surface area contributed by atoms with Gasteiger partial charge in [-0.15, -0.1) is 0 Å². The van der Waals surface area contributed by atoms with Crippen molar-refractivity contribution in [3.63, 3.8) is 0 Å². The van der Waals surface area contributed by atoms with Gasteiger partial charge in [0.15, 0.2) is 0 Å². The molecule has 0 aromatic rings. The fourth-order valence-electron chi connectivity index (χ4n) is 2.68. The van der Waals surface area contributed by atoms with Gasteiger partial charge in [0, 0.05) is 24.3 Å². The molecular weight excluding hydrogens is 266 g/mol. The van der Waals surface area contributed by atoms with Gasteiger partial charge in [-0.1, -0.05) is 29.3 Å². The number of carbonyl (C=O) groups excluding carboxylic acids is 1. The van der Waals surface area contributed by atoms with Crippen LogP contribution in [0.4, 0.5) is 0 Å². The summed E-state index contributed by atoms with van der Waals surface area (Å²) in [5.41, 5.74) is 0. The third-order valence-electron chi connectivity index (χ3n) is 4.23. The number of nitrogens with zero attached hydrogens (tertiary/aromatic N) is 1. The Kier molecular flexibility index (Phi) is 4.28. The number of alkyl halides is 1. The summed E-state index contributed by atoms with van der Waals surface area (Å²) in [5, 5.41) is 0. The molecule has 0 radical (unpaired) electrons. The minimum atomic E-state index is 0.408. The zero-order valence-corrected chi connectivity index (χ0v) is 11.7. The van der Waals surface area contributed by atoms with Crippen molar-refractivity contribution in [3.8, 4) is 0 Å². The molecule has 1 atom stereocenters. The molecule has 0 aromatic carbocycles. The summed E-state index contributed by atoms with van der Waals surface area (Å²) >= 11 is 3.65. The Labute approximate surface area is 107 Å². The Hall–Kier alpha value is -0.0500. The molecule has 1 aliphatic carbocycles. The topological polar surface area (TPSA) is 20.3 Å². The summed E-state index contributed by atoms with van der Waals surface area (Å²) in [4.78, 5) is 14.7. The van der Waals surface area contributed by atoms with Gasteiger partial charge in [0.05, 0.1) is 0 Å². The molecule has 1 amide bonds. The number of halogens is 1. The predicted octanol–water partition coefficient (Wildman–Crippen LogP) is 3.20. The summed E-state index contributed by atoms with van der Waals surface area (Å²) in [7, 11) is 0. The minimum absolute atomic E-state index is 0.408. The van der Waals surface area contributed by atoms with E-state index in [9.17, 15) is 4.79 Å².